The molecule has 0 aliphatic carbocycles. The van der Waals surface area contributed by atoms with Crippen LogP contribution < -0.4 is 10.0 Å². The molecule has 2 aliphatic heterocycles. The average Bonchev–Trinajstić information content (AvgIpc) is 2.97. The highest BCUT2D eigenvalue weighted by atomic mass is 32.2. The first-order valence-electron chi connectivity index (χ1n) is 7.79. The fourth-order valence-electron chi connectivity index (χ4n) is 2.94. The lowest BCUT2D eigenvalue weighted by atomic mass is 10.1. The molecule has 2 atom stereocenters. The van der Waals surface area contributed by atoms with Gasteiger partial charge in [0.15, 0.2) is 15.0 Å². The number of aliphatic imine (C=N–C) groups is 1. The van der Waals surface area contributed by atoms with Gasteiger partial charge in [-0.15, -0.1) is 0 Å². The highest BCUT2D eigenvalue weighted by Crippen LogP contribution is 2.41. The van der Waals surface area contributed by atoms with E-state index in [1.54, 1.807) is 4.90 Å². The normalized spacial score (nSPS) is 26.0. The minimum atomic E-state index is -3.12. The molecule has 1 amide bonds. The molecule has 3 rings (SSSR count). The van der Waals surface area contributed by atoms with Crippen LogP contribution in [0.2, 0.25) is 0 Å². The van der Waals surface area contributed by atoms with Crippen LogP contribution >= 0.6 is 11.8 Å². The van der Waals surface area contributed by atoms with Crippen LogP contribution in [0.15, 0.2) is 29.3 Å². The van der Waals surface area contributed by atoms with Crippen LogP contribution in [0.1, 0.15) is 18.4 Å². The van der Waals surface area contributed by atoms with Gasteiger partial charge in [-0.2, -0.15) is 4.99 Å². The zero-order valence-electron chi connectivity index (χ0n) is 13.5. The number of carboxylic acids is 1. The summed E-state index contributed by atoms with van der Waals surface area (Å²) in [6, 6.07) is 7.28. The van der Waals surface area contributed by atoms with E-state index in [2.05, 4.69) is 4.99 Å². The van der Waals surface area contributed by atoms with Crippen LogP contribution in [0, 0.1) is 6.92 Å². The summed E-state index contributed by atoms with van der Waals surface area (Å²) >= 11 is 1.27. The maximum Gasteiger partial charge on any atom is 0.248 e. The van der Waals surface area contributed by atoms with Crippen LogP contribution in [0.25, 0.3) is 0 Å². The molecule has 0 spiro atoms. The minimum absolute atomic E-state index is 0.0187. The molecule has 1 aromatic rings. The Labute approximate surface area is 150 Å². The van der Waals surface area contributed by atoms with Gasteiger partial charge in [-0.1, -0.05) is 29.5 Å². The largest absolute Gasteiger partial charge is 0.550 e. The third kappa shape index (κ3) is 4.04. The molecule has 134 valence electrons. The Hall–Kier alpha value is -1.87. The molecule has 9 heteroatoms. The number of benzene rings is 1. The highest BCUT2D eigenvalue weighted by molar-refractivity contribution is 8.16. The van der Waals surface area contributed by atoms with Crippen molar-refractivity contribution in [3.63, 3.8) is 0 Å². The van der Waals surface area contributed by atoms with Crippen molar-refractivity contribution in [3.05, 3.63) is 29.8 Å². The van der Waals surface area contributed by atoms with Gasteiger partial charge in [-0.05, 0) is 25.5 Å². The van der Waals surface area contributed by atoms with Crippen LogP contribution in [0.4, 0.5) is 5.69 Å². The van der Waals surface area contributed by atoms with Crippen LogP contribution in [0.5, 0.6) is 0 Å². The Morgan fingerprint density at radius 1 is 1.24 bits per heavy atom. The molecule has 0 saturated carbocycles. The topological polar surface area (TPSA) is 107 Å². The number of thioether (sulfide) groups is 1. The third-order valence-corrected chi connectivity index (χ3v) is 7.35. The number of carbonyl (C=O) groups is 2. The van der Waals surface area contributed by atoms with Crippen molar-refractivity contribution >= 4 is 44.3 Å². The number of hydrogen-bond donors (Lipinski definition) is 0. The number of aryl methyl sites for hydroxylation is 1. The molecule has 2 aliphatic rings. The zero-order valence-corrected chi connectivity index (χ0v) is 15.2. The Morgan fingerprint density at radius 2 is 1.92 bits per heavy atom. The highest BCUT2D eigenvalue weighted by Gasteiger charge is 2.49. The van der Waals surface area contributed by atoms with Crippen molar-refractivity contribution in [2.75, 3.05) is 16.4 Å². The molecule has 0 unspecified atom stereocenters. The van der Waals surface area contributed by atoms with E-state index in [-0.39, 0.29) is 35.6 Å². The fourth-order valence-corrected chi connectivity index (χ4v) is 6.87. The Morgan fingerprint density at radius 3 is 2.56 bits per heavy atom. The second-order valence-electron chi connectivity index (χ2n) is 6.17. The van der Waals surface area contributed by atoms with E-state index in [0.717, 1.165) is 11.3 Å². The summed E-state index contributed by atoms with van der Waals surface area (Å²) in [7, 11) is -3.12. The van der Waals surface area contributed by atoms with Gasteiger partial charge in [0, 0.05) is 23.3 Å². The lowest BCUT2D eigenvalue weighted by molar-refractivity contribution is -0.305. The molecule has 2 saturated heterocycles. The van der Waals surface area contributed by atoms with Crippen LogP contribution in [-0.2, 0) is 19.4 Å². The van der Waals surface area contributed by atoms with Crippen molar-refractivity contribution in [3.8, 4) is 0 Å². The van der Waals surface area contributed by atoms with Crippen LogP contribution in [0.3, 0.4) is 0 Å². The maximum atomic E-state index is 12.0. The predicted molar refractivity (Wildman–Crippen MR) is 94.2 cm³/mol. The molecule has 0 aromatic heterocycles. The number of sulfone groups is 1. The fraction of sp³-hybridized carbons (Fsp3) is 0.438. The molecular formula is C16H17N2O5S2-. The SMILES string of the molecule is Cc1ccc(N2C(=NC(=O)CCC(=O)[O-])S[C@H]3CS(=O)(=O)C[C@@H]32)cc1. The minimum Gasteiger partial charge on any atom is -0.550 e. The first-order valence-corrected chi connectivity index (χ1v) is 10.5. The lowest BCUT2D eigenvalue weighted by Crippen LogP contribution is -2.37. The van der Waals surface area contributed by atoms with Crippen molar-refractivity contribution in [2.24, 2.45) is 4.99 Å². The van der Waals surface area contributed by atoms with Gasteiger partial charge in [0.05, 0.1) is 17.5 Å². The summed E-state index contributed by atoms with van der Waals surface area (Å²) in [5.41, 5.74) is 1.84. The van der Waals surface area contributed by atoms with Crippen molar-refractivity contribution in [2.45, 2.75) is 31.1 Å². The van der Waals surface area contributed by atoms with E-state index in [0.29, 0.717) is 5.17 Å². The van der Waals surface area contributed by atoms with Gasteiger partial charge >= 0.3 is 0 Å². The van der Waals surface area contributed by atoms with Gasteiger partial charge < -0.3 is 14.8 Å². The summed E-state index contributed by atoms with van der Waals surface area (Å²) in [6.07, 6.45) is -0.617. The molecular weight excluding hydrogens is 364 g/mol. The van der Waals surface area contributed by atoms with E-state index < -0.39 is 21.7 Å². The van der Waals surface area contributed by atoms with E-state index in [1.165, 1.54) is 11.8 Å². The number of amidine groups is 1. The van der Waals surface area contributed by atoms with Gasteiger partial charge in [0.1, 0.15) is 0 Å². The molecule has 1 aromatic carbocycles. The van der Waals surface area contributed by atoms with E-state index in [4.69, 9.17) is 0 Å². The molecule has 0 radical (unpaired) electrons. The second kappa shape index (κ2) is 6.80. The Balaban J connectivity index is 1.90. The summed E-state index contributed by atoms with van der Waals surface area (Å²) in [5, 5.41) is 10.7. The van der Waals surface area contributed by atoms with Crippen molar-refractivity contribution in [1.29, 1.82) is 0 Å². The number of aliphatic carboxylic acids is 1. The zero-order chi connectivity index (χ0) is 18.2. The number of carbonyl (C=O) groups excluding carboxylic acids is 2. The number of anilines is 1. The molecule has 2 heterocycles. The van der Waals surface area contributed by atoms with Crippen molar-refractivity contribution in [1.82, 2.24) is 0 Å². The van der Waals surface area contributed by atoms with Gasteiger partial charge in [-0.3, -0.25) is 4.79 Å². The number of hydrogen-bond acceptors (Lipinski definition) is 6. The molecule has 7 nitrogen and oxygen atoms in total. The number of amides is 1. The maximum absolute atomic E-state index is 12.0. The van der Waals surface area contributed by atoms with Gasteiger partial charge in [0.2, 0.25) is 5.91 Å². The quantitative estimate of drug-likeness (QED) is 0.729. The van der Waals surface area contributed by atoms with Crippen LogP contribution in [-0.4, -0.2) is 48.3 Å². The number of rotatable bonds is 4. The summed E-state index contributed by atoms with van der Waals surface area (Å²) in [6.45, 7) is 1.95. The van der Waals surface area contributed by atoms with Crippen molar-refractivity contribution < 1.29 is 23.1 Å². The summed E-state index contributed by atoms with van der Waals surface area (Å²) < 4.78 is 23.9. The van der Waals surface area contributed by atoms with E-state index in [9.17, 15) is 23.1 Å². The molecule has 0 bridgehead atoms. The average molecular weight is 381 g/mol. The monoisotopic (exact) mass is 381 g/mol. The standard InChI is InChI=1S/C16H18N2O5S2/c1-10-2-4-11(5-3-10)18-12-8-25(22,23)9-13(12)24-16(18)17-14(19)6-7-15(20)21/h2-5,12-13H,6-9H2,1H3,(H,20,21)/p-1/t12-,13-/m0/s1. The predicted octanol–water partition coefficient (Wildman–Crippen LogP) is 0.127. The summed E-state index contributed by atoms with van der Waals surface area (Å²) in [4.78, 5) is 28.3. The number of fused-ring (bicyclic) bond motifs is 1. The third-order valence-electron chi connectivity index (χ3n) is 4.14. The number of carboxylic acid groups (broad SMARTS) is 1. The smallest absolute Gasteiger partial charge is 0.248 e. The Bertz CT molecular complexity index is 833. The molecule has 0 N–H and O–H groups in total. The number of nitrogens with zero attached hydrogens (tertiary/aromatic N) is 2. The molecule has 2 fully saturated rings. The second-order valence-corrected chi connectivity index (χ2v) is 9.53. The van der Waals surface area contributed by atoms with Gasteiger partial charge in [-0.25, -0.2) is 8.42 Å². The summed E-state index contributed by atoms with van der Waals surface area (Å²) in [5.74, 6) is -1.78. The van der Waals surface area contributed by atoms with E-state index >= 15 is 0 Å². The first-order chi connectivity index (χ1) is 11.7. The Kier molecular flexibility index (Phi) is 4.88. The molecule has 25 heavy (non-hydrogen) atoms. The van der Waals surface area contributed by atoms with Gasteiger partial charge in [0.25, 0.3) is 0 Å². The van der Waals surface area contributed by atoms with E-state index in [1.807, 2.05) is 31.2 Å². The lowest BCUT2D eigenvalue weighted by Gasteiger charge is -2.24. The first kappa shape index (κ1) is 17.9.